The summed E-state index contributed by atoms with van der Waals surface area (Å²) in [5.74, 6) is 0.841. The molecular weight excluding hydrogens is 360 g/mol. The van der Waals surface area contributed by atoms with Crippen molar-refractivity contribution < 1.29 is 0 Å². The Kier molecular flexibility index (Phi) is 4.91. The van der Waals surface area contributed by atoms with Gasteiger partial charge in [-0.25, -0.2) is 9.97 Å². The fraction of sp³-hybridized carbons (Fsp3) is 0.0909. The molecule has 0 unspecified atom stereocenters. The highest BCUT2D eigenvalue weighted by Gasteiger charge is 2.11. The molecule has 2 nitrogen and oxygen atoms in total. The van der Waals surface area contributed by atoms with Crippen molar-refractivity contribution in [2.45, 2.75) is 17.8 Å². The number of thioether (sulfide) groups is 1. The maximum absolute atomic E-state index is 6.21. The summed E-state index contributed by atoms with van der Waals surface area (Å²) < 4.78 is 0. The Morgan fingerprint density at radius 2 is 1.65 bits per heavy atom. The number of rotatable bonds is 4. The van der Waals surface area contributed by atoms with Crippen molar-refractivity contribution in [1.82, 2.24) is 9.97 Å². The fourth-order valence-electron chi connectivity index (χ4n) is 2.79. The molecule has 3 aromatic carbocycles. The van der Waals surface area contributed by atoms with Crippen molar-refractivity contribution in [3.63, 3.8) is 0 Å². The number of fused-ring (bicyclic) bond motifs is 1. The fourth-order valence-corrected chi connectivity index (χ4v) is 3.77. The number of nitrogens with zero attached hydrogens (tertiary/aromatic N) is 2. The summed E-state index contributed by atoms with van der Waals surface area (Å²) in [5.41, 5.74) is 5.43. The van der Waals surface area contributed by atoms with Crippen LogP contribution in [0.3, 0.4) is 0 Å². The average molecular weight is 377 g/mol. The minimum absolute atomic E-state index is 0.693. The van der Waals surface area contributed by atoms with Gasteiger partial charge in [-0.1, -0.05) is 83.5 Å². The van der Waals surface area contributed by atoms with E-state index in [2.05, 4.69) is 43.3 Å². The first-order chi connectivity index (χ1) is 12.7. The Hall–Kier alpha value is -2.36. The smallest absolute Gasteiger partial charge is 0.189 e. The van der Waals surface area contributed by atoms with Crippen molar-refractivity contribution in [3.05, 3.63) is 88.9 Å². The maximum Gasteiger partial charge on any atom is 0.189 e. The normalized spacial score (nSPS) is 11.0. The molecule has 0 aliphatic heterocycles. The second-order valence-electron chi connectivity index (χ2n) is 6.16. The van der Waals surface area contributed by atoms with Gasteiger partial charge in [0.1, 0.15) is 0 Å². The quantitative estimate of drug-likeness (QED) is 0.298. The van der Waals surface area contributed by atoms with Crippen LogP contribution in [0.5, 0.6) is 0 Å². The summed E-state index contributed by atoms with van der Waals surface area (Å²) in [7, 11) is 0. The molecule has 0 atom stereocenters. The predicted molar refractivity (Wildman–Crippen MR) is 111 cm³/mol. The zero-order chi connectivity index (χ0) is 17.9. The molecular formula is C22H17ClN2S. The van der Waals surface area contributed by atoms with E-state index in [9.17, 15) is 0 Å². The van der Waals surface area contributed by atoms with Crippen LogP contribution in [-0.4, -0.2) is 9.97 Å². The van der Waals surface area contributed by atoms with E-state index in [-0.39, 0.29) is 0 Å². The third-order valence-electron chi connectivity index (χ3n) is 4.17. The molecule has 0 spiro atoms. The molecule has 0 saturated carbocycles. The molecule has 4 rings (SSSR count). The Morgan fingerprint density at radius 1 is 0.885 bits per heavy atom. The van der Waals surface area contributed by atoms with Crippen LogP contribution in [0.4, 0.5) is 0 Å². The van der Waals surface area contributed by atoms with E-state index in [1.165, 1.54) is 11.1 Å². The van der Waals surface area contributed by atoms with Crippen LogP contribution in [0.25, 0.3) is 22.2 Å². The Morgan fingerprint density at radius 3 is 2.42 bits per heavy atom. The maximum atomic E-state index is 6.21. The van der Waals surface area contributed by atoms with Gasteiger partial charge in [0.25, 0.3) is 0 Å². The summed E-state index contributed by atoms with van der Waals surface area (Å²) in [5, 5.41) is 2.45. The zero-order valence-corrected chi connectivity index (χ0v) is 15.9. The molecule has 4 heteroatoms. The van der Waals surface area contributed by atoms with Gasteiger partial charge < -0.3 is 0 Å². The van der Waals surface area contributed by atoms with E-state index in [1.54, 1.807) is 11.8 Å². The number of halogens is 1. The minimum Gasteiger partial charge on any atom is -0.222 e. The lowest BCUT2D eigenvalue weighted by Gasteiger charge is -2.09. The predicted octanol–water partition coefficient (Wildman–Crippen LogP) is 6.55. The topological polar surface area (TPSA) is 25.8 Å². The Balaban J connectivity index is 1.73. The molecule has 1 aromatic heterocycles. The monoisotopic (exact) mass is 376 g/mol. The van der Waals surface area contributed by atoms with E-state index >= 15 is 0 Å². The van der Waals surface area contributed by atoms with Gasteiger partial charge in [-0.15, -0.1) is 0 Å². The standard InChI is InChI=1S/C22H17ClN2S/c1-15-7-9-16(10-8-15)14-26-22-24-20-12-11-18(23)13-19(20)21(25-22)17-5-3-2-4-6-17/h2-13H,14H2,1H3. The minimum atomic E-state index is 0.693. The van der Waals surface area contributed by atoms with Crippen LogP contribution in [-0.2, 0) is 5.75 Å². The van der Waals surface area contributed by atoms with E-state index in [1.807, 2.05) is 36.4 Å². The van der Waals surface area contributed by atoms with E-state index in [0.29, 0.717) is 5.02 Å². The van der Waals surface area contributed by atoms with Gasteiger partial charge in [0.2, 0.25) is 0 Å². The molecule has 0 fully saturated rings. The van der Waals surface area contributed by atoms with Gasteiger partial charge in [-0.05, 0) is 30.7 Å². The number of hydrogen-bond acceptors (Lipinski definition) is 3. The van der Waals surface area contributed by atoms with Crippen LogP contribution >= 0.6 is 23.4 Å². The van der Waals surface area contributed by atoms with Crippen molar-refractivity contribution in [2.24, 2.45) is 0 Å². The van der Waals surface area contributed by atoms with Crippen molar-refractivity contribution in [2.75, 3.05) is 0 Å². The Bertz CT molecular complexity index is 1050. The number of aromatic nitrogens is 2. The molecule has 0 N–H and O–H groups in total. The summed E-state index contributed by atoms with van der Waals surface area (Å²) in [4.78, 5) is 9.57. The molecule has 26 heavy (non-hydrogen) atoms. The highest BCUT2D eigenvalue weighted by Crippen LogP contribution is 2.31. The number of aryl methyl sites for hydroxylation is 1. The third-order valence-corrected chi connectivity index (χ3v) is 5.33. The first kappa shape index (κ1) is 17.1. The van der Waals surface area contributed by atoms with Gasteiger partial charge in [-0.2, -0.15) is 0 Å². The molecule has 0 bridgehead atoms. The van der Waals surface area contributed by atoms with Gasteiger partial charge in [-0.3, -0.25) is 0 Å². The summed E-state index contributed by atoms with van der Waals surface area (Å²) >= 11 is 7.86. The largest absolute Gasteiger partial charge is 0.222 e. The van der Waals surface area contributed by atoms with Crippen LogP contribution in [0.15, 0.2) is 78.0 Å². The van der Waals surface area contributed by atoms with Crippen LogP contribution in [0.1, 0.15) is 11.1 Å². The second-order valence-corrected chi connectivity index (χ2v) is 7.54. The molecule has 1 heterocycles. The SMILES string of the molecule is Cc1ccc(CSc2nc(-c3ccccc3)c3cc(Cl)ccc3n2)cc1. The van der Waals surface area contributed by atoms with Gasteiger partial charge in [0, 0.05) is 21.7 Å². The van der Waals surface area contributed by atoms with Gasteiger partial charge >= 0.3 is 0 Å². The lowest BCUT2D eigenvalue weighted by Crippen LogP contribution is -1.94. The molecule has 128 valence electrons. The highest BCUT2D eigenvalue weighted by atomic mass is 35.5. The lowest BCUT2D eigenvalue weighted by molar-refractivity contribution is 1.01. The average Bonchev–Trinajstić information content (AvgIpc) is 2.68. The zero-order valence-electron chi connectivity index (χ0n) is 14.3. The van der Waals surface area contributed by atoms with Crippen LogP contribution in [0.2, 0.25) is 5.02 Å². The number of benzene rings is 3. The molecule has 4 aromatic rings. The van der Waals surface area contributed by atoms with E-state index in [4.69, 9.17) is 21.6 Å². The molecule has 0 aliphatic rings. The summed E-state index contributed by atoms with van der Waals surface area (Å²) in [6, 6.07) is 24.5. The number of hydrogen-bond donors (Lipinski definition) is 0. The second kappa shape index (κ2) is 7.48. The van der Waals surface area contributed by atoms with Crippen molar-refractivity contribution in [3.8, 4) is 11.3 Å². The molecule has 0 saturated heterocycles. The Labute approximate surface area is 162 Å². The molecule has 0 aliphatic carbocycles. The van der Waals surface area contributed by atoms with Crippen molar-refractivity contribution in [1.29, 1.82) is 0 Å². The summed E-state index contributed by atoms with van der Waals surface area (Å²) in [6.07, 6.45) is 0. The lowest BCUT2D eigenvalue weighted by atomic mass is 10.1. The molecule has 0 radical (unpaired) electrons. The first-order valence-electron chi connectivity index (χ1n) is 8.40. The third kappa shape index (κ3) is 3.74. The van der Waals surface area contributed by atoms with Gasteiger partial charge in [0.15, 0.2) is 5.16 Å². The first-order valence-corrected chi connectivity index (χ1v) is 9.76. The van der Waals surface area contributed by atoms with E-state index < -0.39 is 0 Å². The van der Waals surface area contributed by atoms with Crippen molar-refractivity contribution >= 4 is 34.3 Å². The van der Waals surface area contributed by atoms with Gasteiger partial charge in [0.05, 0.1) is 11.2 Å². The molecule has 0 amide bonds. The summed E-state index contributed by atoms with van der Waals surface area (Å²) in [6.45, 7) is 2.10. The van der Waals surface area contributed by atoms with E-state index in [0.717, 1.165) is 33.1 Å². The van der Waals surface area contributed by atoms with Crippen LogP contribution in [0, 0.1) is 6.92 Å². The highest BCUT2D eigenvalue weighted by molar-refractivity contribution is 7.98. The van der Waals surface area contributed by atoms with Crippen LogP contribution < -0.4 is 0 Å².